The molecule has 0 spiro atoms. The summed E-state index contributed by atoms with van der Waals surface area (Å²) in [7, 11) is 0. The van der Waals surface area contributed by atoms with Crippen molar-refractivity contribution in [1.82, 2.24) is 15.2 Å². The van der Waals surface area contributed by atoms with Crippen molar-refractivity contribution in [2.24, 2.45) is 0 Å². The number of halogens is 1. The lowest BCUT2D eigenvalue weighted by atomic mass is 9.97. The lowest BCUT2D eigenvalue weighted by Crippen LogP contribution is -2.54. The van der Waals surface area contributed by atoms with Crippen LogP contribution in [0.4, 0.5) is 0 Å². The van der Waals surface area contributed by atoms with Gasteiger partial charge in [-0.3, -0.25) is 14.6 Å². The first kappa shape index (κ1) is 18.4. The molecule has 2 aromatic rings. The van der Waals surface area contributed by atoms with Crippen molar-refractivity contribution in [1.29, 1.82) is 0 Å². The van der Waals surface area contributed by atoms with Crippen LogP contribution in [-0.4, -0.2) is 33.8 Å². The summed E-state index contributed by atoms with van der Waals surface area (Å²) in [5, 5.41) is 3.63. The van der Waals surface area contributed by atoms with Crippen molar-refractivity contribution < 1.29 is 9.59 Å². The molecule has 1 fully saturated rings. The molecule has 2 heterocycles. The molecule has 6 heteroatoms. The molecule has 136 valence electrons. The Bertz CT molecular complexity index is 779. The molecule has 0 aliphatic carbocycles. The number of carbonyl (C=O) groups excluding carboxylic acids is 2. The molecule has 3 rings (SSSR count). The van der Waals surface area contributed by atoms with Crippen molar-refractivity contribution in [3.05, 3.63) is 64.9 Å². The Balaban J connectivity index is 1.64. The van der Waals surface area contributed by atoms with Crippen LogP contribution >= 0.6 is 11.6 Å². The molecule has 5 nitrogen and oxygen atoms in total. The number of pyridine rings is 1. The molecule has 1 unspecified atom stereocenters. The molecule has 1 aromatic carbocycles. The van der Waals surface area contributed by atoms with Crippen LogP contribution in [0.3, 0.4) is 0 Å². The largest absolute Gasteiger partial charge is 0.350 e. The zero-order valence-electron chi connectivity index (χ0n) is 14.7. The Kier molecular flexibility index (Phi) is 5.57. The van der Waals surface area contributed by atoms with Crippen LogP contribution in [0.1, 0.15) is 30.9 Å². The van der Waals surface area contributed by atoms with Gasteiger partial charge in [0.25, 0.3) is 0 Å². The van der Waals surface area contributed by atoms with Gasteiger partial charge in [-0.05, 0) is 49.1 Å². The van der Waals surface area contributed by atoms with E-state index in [1.807, 2.05) is 43.3 Å². The number of hydrogen-bond donors (Lipinski definition) is 1. The molecule has 26 heavy (non-hydrogen) atoms. The van der Waals surface area contributed by atoms with E-state index in [1.165, 1.54) is 0 Å². The minimum Gasteiger partial charge on any atom is -0.350 e. The minimum atomic E-state index is -0.814. The minimum absolute atomic E-state index is 0.0259. The van der Waals surface area contributed by atoms with Crippen LogP contribution in [0.25, 0.3) is 0 Å². The van der Waals surface area contributed by atoms with Crippen LogP contribution in [-0.2, 0) is 22.6 Å². The summed E-state index contributed by atoms with van der Waals surface area (Å²) in [6.07, 6.45) is 5.04. The van der Waals surface area contributed by atoms with E-state index in [0.29, 0.717) is 37.4 Å². The first-order valence-electron chi connectivity index (χ1n) is 8.71. The highest BCUT2D eigenvalue weighted by atomic mass is 35.5. The maximum absolute atomic E-state index is 12.8. The highest BCUT2D eigenvalue weighted by Gasteiger charge is 2.46. The van der Waals surface area contributed by atoms with E-state index < -0.39 is 5.54 Å². The smallest absolute Gasteiger partial charge is 0.245 e. The fourth-order valence-electron chi connectivity index (χ4n) is 3.27. The predicted molar refractivity (Wildman–Crippen MR) is 101 cm³/mol. The van der Waals surface area contributed by atoms with Gasteiger partial charge in [-0.1, -0.05) is 29.8 Å². The topological polar surface area (TPSA) is 62.3 Å². The maximum Gasteiger partial charge on any atom is 0.245 e. The molecular formula is C20H22ClN3O2. The SMILES string of the molecule is CC1(C(=O)NCc2cccnc2)CCC(=O)N1CCc1ccc(Cl)cc1. The van der Waals surface area contributed by atoms with E-state index in [1.54, 1.807) is 17.3 Å². The Hall–Kier alpha value is -2.40. The van der Waals surface area contributed by atoms with E-state index in [0.717, 1.165) is 11.1 Å². The Morgan fingerprint density at radius 2 is 2.04 bits per heavy atom. The van der Waals surface area contributed by atoms with Gasteiger partial charge < -0.3 is 10.2 Å². The predicted octanol–water partition coefficient (Wildman–Crippen LogP) is 2.98. The van der Waals surface area contributed by atoms with Gasteiger partial charge in [0, 0.05) is 36.9 Å². The second-order valence-electron chi connectivity index (χ2n) is 6.74. The van der Waals surface area contributed by atoms with Gasteiger partial charge in [0.05, 0.1) is 0 Å². The molecule has 1 aliphatic heterocycles. The van der Waals surface area contributed by atoms with Crippen molar-refractivity contribution in [2.45, 2.75) is 38.3 Å². The highest BCUT2D eigenvalue weighted by molar-refractivity contribution is 6.30. The second kappa shape index (κ2) is 7.87. The molecule has 0 radical (unpaired) electrons. The third-order valence-corrected chi connectivity index (χ3v) is 5.18. The number of nitrogens with zero attached hydrogens (tertiary/aromatic N) is 2. The Labute approximate surface area is 158 Å². The molecule has 1 N–H and O–H groups in total. The van der Waals surface area contributed by atoms with Crippen LogP contribution in [0.2, 0.25) is 5.02 Å². The Morgan fingerprint density at radius 3 is 2.73 bits per heavy atom. The first-order valence-corrected chi connectivity index (χ1v) is 9.09. The molecule has 0 saturated carbocycles. The molecule has 2 amide bonds. The lowest BCUT2D eigenvalue weighted by molar-refractivity contribution is -0.140. The number of amides is 2. The maximum atomic E-state index is 12.8. The fraction of sp³-hybridized carbons (Fsp3) is 0.350. The van der Waals surface area contributed by atoms with Gasteiger partial charge >= 0.3 is 0 Å². The van der Waals surface area contributed by atoms with Crippen LogP contribution < -0.4 is 5.32 Å². The summed E-state index contributed by atoms with van der Waals surface area (Å²) in [6, 6.07) is 11.3. The van der Waals surface area contributed by atoms with Crippen molar-refractivity contribution >= 4 is 23.4 Å². The van der Waals surface area contributed by atoms with Gasteiger partial charge in [-0.2, -0.15) is 0 Å². The average molecular weight is 372 g/mol. The second-order valence-corrected chi connectivity index (χ2v) is 7.18. The molecule has 1 atom stereocenters. The summed E-state index contributed by atoms with van der Waals surface area (Å²) in [5.41, 5.74) is 1.21. The van der Waals surface area contributed by atoms with Crippen molar-refractivity contribution in [3.8, 4) is 0 Å². The summed E-state index contributed by atoms with van der Waals surface area (Å²) in [4.78, 5) is 30.9. The third kappa shape index (κ3) is 4.05. The van der Waals surface area contributed by atoms with Gasteiger partial charge in [0.1, 0.15) is 5.54 Å². The quantitative estimate of drug-likeness (QED) is 0.849. The summed E-state index contributed by atoms with van der Waals surface area (Å²) in [6.45, 7) is 2.76. The number of rotatable bonds is 6. The number of hydrogen-bond acceptors (Lipinski definition) is 3. The van der Waals surface area contributed by atoms with Crippen molar-refractivity contribution in [3.63, 3.8) is 0 Å². The molecule has 1 aromatic heterocycles. The number of carbonyl (C=O) groups is 2. The molecule has 1 aliphatic rings. The first-order chi connectivity index (χ1) is 12.5. The molecular weight excluding hydrogens is 350 g/mol. The Morgan fingerprint density at radius 1 is 1.27 bits per heavy atom. The normalized spacial score (nSPS) is 19.6. The summed E-state index contributed by atoms with van der Waals surface area (Å²) >= 11 is 5.91. The molecule has 1 saturated heterocycles. The van der Waals surface area contributed by atoms with E-state index in [4.69, 9.17) is 11.6 Å². The van der Waals surface area contributed by atoms with Crippen LogP contribution in [0, 0.1) is 0 Å². The zero-order valence-corrected chi connectivity index (χ0v) is 15.5. The third-order valence-electron chi connectivity index (χ3n) is 4.92. The van der Waals surface area contributed by atoms with Crippen LogP contribution in [0.15, 0.2) is 48.8 Å². The number of aromatic nitrogens is 1. The van der Waals surface area contributed by atoms with E-state index >= 15 is 0 Å². The van der Waals surface area contributed by atoms with E-state index in [-0.39, 0.29) is 11.8 Å². The zero-order chi connectivity index (χ0) is 18.6. The van der Waals surface area contributed by atoms with Gasteiger partial charge in [0.2, 0.25) is 11.8 Å². The van der Waals surface area contributed by atoms with E-state index in [2.05, 4.69) is 10.3 Å². The summed E-state index contributed by atoms with van der Waals surface area (Å²) in [5.74, 6) is -0.0960. The number of benzene rings is 1. The van der Waals surface area contributed by atoms with Crippen molar-refractivity contribution in [2.75, 3.05) is 6.54 Å². The fourth-order valence-corrected chi connectivity index (χ4v) is 3.40. The molecule has 0 bridgehead atoms. The van der Waals surface area contributed by atoms with Gasteiger partial charge in [0.15, 0.2) is 0 Å². The van der Waals surface area contributed by atoms with E-state index in [9.17, 15) is 9.59 Å². The van der Waals surface area contributed by atoms with Gasteiger partial charge in [-0.25, -0.2) is 0 Å². The lowest BCUT2D eigenvalue weighted by Gasteiger charge is -2.34. The average Bonchev–Trinajstić information content (AvgIpc) is 2.95. The van der Waals surface area contributed by atoms with Gasteiger partial charge in [-0.15, -0.1) is 0 Å². The number of likely N-dealkylation sites (tertiary alicyclic amines) is 1. The summed E-state index contributed by atoms with van der Waals surface area (Å²) < 4.78 is 0. The number of nitrogens with one attached hydrogen (secondary N) is 1. The standard InChI is InChI=1S/C20H22ClN3O2/c1-20(19(26)23-14-16-3-2-11-22-13-16)10-8-18(25)24(20)12-9-15-4-6-17(21)7-5-15/h2-7,11,13H,8-10,12,14H2,1H3,(H,23,26). The van der Waals surface area contributed by atoms with Crippen LogP contribution in [0.5, 0.6) is 0 Å². The monoisotopic (exact) mass is 371 g/mol. The highest BCUT2D eigenvalue weighted by Crippen LogP contribution is 2.30.